The van der Waals surface area contributed by atoms with Gasteiger partial charge in [0, 0.05) is 17.0 Å². The van der Waals surface area contributed by atoms with Crippen molar-refractivity contribution in [2.75, 3.05) is 11.6 Å². The molecule has 0 saturated heterocycles. The van der Waals surface area contributed by atoms with Crippen LogP contribution in [0.25, 0.3) is 0 Å². The lowest BCUT2D eigenvalue weighted by molar-refractivity contribution is 0.381. The summed E-state index contributed by atoms with van der Waals surface area (Å²) in [5, 5.41) is 7.27. The summed E-state index contributed by atoms with van der Waals surface area (Å²) < 4.78 is 0. The van der Waals surface area contributed by atoms with Crippen LogP contribution in [0.3, 0.4) is 0 Å². The van der Waals surface area contributed by atoms with E-state index in [1.807, 2.05) is 0 Å². The summed E-state index contributed by atoms with van der Waals surface area (Å²) in [5.41, 5.74) is 7.47. The lowest BCUT2D eigenvalue weighted by atomic mass is 9.91. The van der Waals surface area contributed by atoms with Crippen molar-refractivity contribution in [2.24, 2.45) is 10.7 Å². The van der Waals surface area contributed by atoms with Crippen LogP contribution in [0.15, 0.2) is 34.2 Å². The largest absolute Gasteiger partial charge is 0.353 e. The average Bonchev–Trinajstić information content (AvgIpc) is 2.65. The van der Waals surface area contributed by atoms with Gasteiger partial charge in [0.05, 0.1) is 11.7 Å². The molecule has 0 amide bonds. The topological polar surface area (TPSA) is 62.4 Å². The van der Waals surface area contributed by atoms with Crippen LogP contribution >= 0.6 is 11.8 Å². The smallest absolute Gasteiger partial charge is 0.196 e. The van der Waals surface area contributed by atoms with E-state index in [0.717, 1.165) is 24.5 Å². The van der Waals surface area contributed by atoms with Crippen LogP contribution in [0.5, 0.6) is 0 Å². The van der Waals surface area contributed by atoms with Gasteiger partial charge in [0.25, 0.3) is 0 Å². The van der Waals surface area contributed by atoms with Crippen molar-refractivity contribution >= 4 is 23.4 Å². The molecule has 0 radical (unpaired) electrons. The average molecular weight is 361 g/mol. The van der Waals surface area contributed by atoms with Gasteiger partial charge in [-0.15, -0.1) is 11.8 Å². The Bertz CT molecular complexity index is 569. The first-order valence-electron chi connectivity index (χ1n) is 9.76. The Morgan fingerprint density at radius 1 is 1.04 bits per heavy atom. The number of anilines is 1. The monoisotopic (exact) mass is 360 g/mol. The summed E-state index contributed by atoms with van der Waals surface area (Å²) in [7, 11) is 0. The van der Waals surface area contributed by atoms with Gasteiger partial charge in [0.2, 0.25) is 0 Å². The van der Waals surface area contributed by atoms with Gasteiger partial charge >= 0.3 is 0 Å². The number of hydrogen-bond donors (Lipinski definition) is 3. The first-order valence-corrected chi connectivity index (χ1v) is 11.0. The van der Waals surface area contributed by atoms with E-state index in [1.54, 1.807) is 11.8 Å². The highest BCUT2D eigenvalue weighted by atomic mass is 32.2. The highest BCUT2D eigenvalue weighted by Gasteiger charge is 2.23. The molecule has 0 bridgehead atoms. The van der Waals surface area contributed by atoms with Crippen LogP contribution in [-0.4, -0.2) is 30.3 Å². The number of rotatable bonds is 4. The number of nitrogens with zero attached hydrogens (tertiary/aromatic N) is 1. The van der Waals surface area contributed by atoms with Gasteiger partial charge in [-0.25, -0.2) is 4.99 Å². The lowest BCUT2D eigenvalue weighted by Gasteiger charge is -2.29. The minimum Gasteiger partial charge on any atom is -0.353 e. The Morgan fingerprint density at radius 2 is 1.76 bits per heavy atom. The number of hydrogen-bond acceptors (Lipinski definition) is 3. The standard InChI is InChI=1S/C20H32N4S/c1-25-19-14-8-7-13-18(19)24-20(22-15-9-3-2-4-10-15)23-17-12-6-5-11-16(17)21/h7-8,13-17H,2-6,9-12,21H2,1H3,(H2,22,23,24)/t16-,17-/m0/s1. The number of guanidine groups is 1. The summed E-state index contributed by atoms with van der Waals surface area (Å²) >= 11 is 1.76. The molecule has 1 aromatic carbocycles. The fourth-order valence-electron chi connectivity index (χ4n) is 3.89. The molecule has 2 aliphatic rings. The molecule has 3 rings (SSSR count). The second-order valence-electron chi connectivity index (χ2n) is 7.30. The molecule has 138 valence electrons. The minimum absolute atomic E-state index is 0.189. The van der Waals surface area contributed by atoms with Crippen molar-refractivity contribution in [3.05, 3.63) is 24.3 Å². The molecule has 0 aromatic heterocycles. The van der Waals surface area contributed by atoms with Gasteiger partial charge < -0.3 is 16.4 Å². The van der Waals surface area contributed by atoms with E-state index in [4.69, 9.17) is 10.7 Å². The number of para-hydroxylation sites is 1. The fraction of sp³-hybridized carbons (Fsp3) is 0.650. The van der Waals surface area contributed by atoms with Crippen molar-refractivity contribution in [3.8, 4) is 0 Å². The quantitative estimate of drug-likeness (QED) is 0.424. The van der Waals surface area contributed by atoms with Crippen molar-refractivity contribution in [1.82, 2.24) is 5.32 Å². The third kappa shape index (κ3) is 5.38. The zero-order chi connectivity index (χ0) is 17.5. The van der Waals surface area contributed by atoms with Crippen molar-refractivity contribution < 1.29 is 0 Å². The van der Waals surface area contributed by atoms with Gasteiger partial charge in [0.15, 0.2) is 5.96 Å². The van der Waals surface area contributed by atoms with Crippen molar-refractivity contribution in [2.45, 2.75) is 80.8 Å². The second-order valence-corrected chi connectivity index (χ2v) is 8.15. The molecule has 0 spiro atoms. The van der Waals surface area contributed by atoms with Gasteiger partial charge in [-0.1, -0.05) is 44.2 Å². The number of benzene rings is 1. The molecular weight excluding hydrogens is 328 g/mol. The Kier molecular flexibility index (Phi) is 7.05. The second kappa shape index (κ2) is 9.48. The van der Waals surface area contributed by atoms with Crippen molar-refractivity contribution in [3.63, 3.8) is 0 Å². The van der Waals surface area contributed by atoms with Gasteiger partial charge in [-0.2, -0.15) is 0 Å². The van der Waals surface area contributed by atoms with Crippen LogP contribution in [0.1, 0.15) is 57.8 Å². The third-order valence-electron chi connectivity index (χ3n) is 5.38. The normalized spacial score (nSPS) is 25.6. The van der Waals surface area contributed by atoms with E-state index in [1.165, 1.54) is 49.8 Å². The maximum absolute atomic E-state index is 6.34. The van der Waals surface area contributed by atoms with Crippen LogP contribution in [0.2, 0.25) is 0 Å². The molecule has 0 unspecified atom stereocenters. The molecule has 0 aliphatic heterocycles. The molecule has 4 nitrogen and oxygen atoms in total. The Morgan fingerprint density at radius 3 is 2.52 bits per heavy atom. The van der Waals surface area contributed by atoms with Gasteiger partial charge in [-0.3, -0.25) is 0 Å². The molecule has 25 heavy (non-hydrogen) atoms. The van der Waals surface area contributed by atoms with E-state index in [0.29, 0.717) is 6.04 Å². The summed E-state index contributed by atoms with van der Waals surface area (Å²) in [6.45, 7) is 0. The van der Waals surface area contributed by atoms with Crippen molar-refractivity contribution in [1.29, 1.82) is 0 Å². The highest BCUT2D eigenvalue weighted by Crippen LogP contribution is 2.26. The third-order valence-corrected chi connectivity index (χ3v) is 6.18. The predicted octanol–water partition coefficient (Wildman–Crippen LogP) is 4.37. The number of aliphatic imine (C=N–C) groups is 1. The number of nitrogens with two attached hydrogens (primary N) is 1. The van der Waals surface area contributed by atoms with E-state index < -0.39 is 0 Å². The lowest BCUT2D eigenvalue weighted by Crippen LogP contribution is -2.44. The summed E-state index contributed by atoms with van der Waals surface area (Å²) in [4.78, 5) is 6.29. The summed E-state index contributed by atoms with van der Waals surface area (Å²) in [6.07, 6.45) is 13.2. The number of thioether (sulfide) groups is 1. The number of nitrogens with one attached hydrogen (secondary N) is 2. The molecular formula is C20H32N4S. The highest BCUT2D eigenvalue weighted by molar-refractivity contribution is 7.98. The molecule has 2 saturated carbocycles. The Hall–Kier alpha value is -1.20. The van der Waals surface area contributed by atoms with Gasteiger partial charge in [-0.05, 0) is 44.1 Å². The van der Waals surface area contributed by atoms with Crippen LogP contribution in [0, 0.1) is 0 Å². The van der Waals surface area contributed by atoms with E-state index >= 15 is 0 Å². The Labute approximate surface area is 156 Å². The summed E-state index contributed by atoms with van der Waals surface area (Å²) in [6, 6.07) is 9.39. The van der Waals surface area contributed by atoms with E-state index in [-0.39, 0.29) is 12.1 Å². The molecule has 2 fully saturated rings. The Balaban J connectivity index is 1.77. The molecule has 2 atom stereocenters. The maximum atomic E-state index is 6.34. The zero-order valence-corrected chi connectivity index (χ0v) is 16.2. The molecule has 4 N–H and O–H groups in total. The molecule has 0 heterocycles. The summed E-state index contributed by atoms with van der Waals surface area (Å²) in [5.74, 6) is 0.913. The van der Waals surface area contributed by atoms with Crippen LogP contribution in [0.4, 0.5) is 5.69 Å². The van der Waals surface area contributed by atoms with Gasteiger partial charge in [0.1, 0.15) is 0 Å². The molecule has 1 aromatic rings. The predicted molar refractivity (Wildman–Crippen MR) is 110 cm³/mol. The maximum Gasteiger partial charge on any atom is 0.196 e. The van der Waals surface area contributed by atoms with Crippen LogP contribution in [-0.2, 0) is 0 Å². The molecule has 5 heteroatoms. The van der Waals surface area contributed by atoms with E-state index in [2.05, 4.69) is 41.2 Å². The fourth-order valence-corrected chi connectivity index (χ4v) is 4.44. The SMILES string of the molecule is CSc1ccccc1NC(=N[C@H]1CCCC[C@@H]1N)NC1CCCCC1. The molecule has 2 aliphatic carbocycles. The first kappa shape index (κ1) is 18.6. The van der Waals surface area contributed by atoms with E-state index in [9.17, 15) is 0 Å². The zero-order valence-electron chi connectivity index (χ0n) is 15.3. The first-order chi connectivity index (χ1) is 12.3. The minimum atomic E-state index is 0.189. The van der Waals surface area contributed by atoms with Crippen LogP contribution < -0.4 is 16.4 Å².